The van der Waals surface area contributed by atoms with Crippen LogP contribution < -0.4 is 10.6 Å². The summed E-state index contributed by atoms with van der Waals surface area (Å²) < 4.78 is 44.0. The number of piperidine rings is 1. The molecule has 7 nitrogen and oxygen atoms in total. The van der Waals surface area contributed by atoms with E-state index >= 15 is 0 Å². The lowest BCUT2D eigenvalue weighted by Gasteiger charge is -2.31. The number of rotatable bonds is 4. The van der Waals surface area contributed by atoms with Crippen LogP contribution in [0.3, 0.4) is 0 Å². The summed E-state index contributed by atoms with van der Waals surface area (Å²) in [5.41, 5.74) is -0.562. The van der Waals surface area contributed by atoms with E-state index in [2.05, 4.69) is 10.6 Å². The predicted octanol–water partition coefficient (Wildman–Crippen LogP) is 3.75. The van der Waals surface area contributed by atoms with Gasteiger partial charge in [-0.1, -0.05) is 0 Å². The summed E-state index contributed by atoms with van der Waals surface area (Å²) in [4.78, 5) is 37.9. The number of benzene rings is 1. The number of anilines is 2. The Morgan fingerprint density at radius 3 is 2.33 bits per heavy atom. The van der Waals surface area contributed by atoms with E-state index in [9.17, 15) is 27.6 Å². The number of carbonyl (C=O) groups excluding carboxylic acids is 3. The summed E-state index contributed by atoms with van der Waals surface area (Å²) in [5.74, 6) is -1.61. The van der Waals surface area contributed by atoms with Crippen LogP contribution in [-0.2, 0) is 15.8 Å². The molecule has 1 aromatic heterocycles. The molecular formula is C20H20F3N3O4. The quantitative estimate of drug-likeness (QED) is 0.784. The van der Waals surface area contributed by atoms with Gasteiger partial charge in [0.25, 0.3) is 5.91 Å². The summed E-state index contributed by atoms with van der Waals surface area (Å²) in [5, 5.41) is 4.91. The van der Waals surface area contributed by atoms with Gasteiger partial charge in [-0.2, -0.15) is 13.2 Å². The topological polar surface area (TPSA) is 91.7 Å². The molecule has 0 saturated carbocycles. The SMILES string of the molecule is CC(=O)Nc1ccc(C(F)(F)F)cc1NC(=O)C1CCN(C(=O)c2ccoc2)CC1. The Hall–Kier alpha value is -3.30. The fourth-order valence-electron chi connectivity index (χ4n) is 3.27. The zero-order valence-corrected chi connectivity index (χ0v) is 16.1. The average molecular weight is 423 g/mol. The number of likely N-dealkylation sites (tertiary alicyclic amines) is 1. The van der Waals surface area contributed by atoms with E-state index in [1.54, 1.807) is 11.0 Å². The van der Waals surface area contributed by atoms with Gasteiger partial charge in [0.1, 0.15) is 6.26 Å². The largest absolute Gasteiger partial charge is 0.472 e. The lowest BCUT2D eigenvalue weighted by atomic mass is 9.95. The Labute approximate surface area is 170 Å². The van der Waals surface area contributed by atoms with Crippen molar-refractivity contribution in [3.05, 3.63) is 47.9 Å². The molecule has 160 valence electrons. The number of furan rings is 1. The number of halogens is 3. The number of nitrogens with zero attached hydrogens (tertiary/aromatic N) is 1. The Bertz CT molecular complexity index is 933. The number of amides is 3. The third-order valence-corrected chi connectivity index (χ3v) is 4.84. The van der Waals surface area contributed by atoms with Crippen LogP contribution in [0.1, 0.15) is 35.7 Å². The predicted molar refractivity (Wildman–Crippen MR) is 102 cm³/mol. The van der Waals surface area contributed by atoms with Gasteiger partial charge in [0.2, 0.25) is 11.8 Å². The maximum Gasteiger partial charge on any atom is 0.416 e. The van der Waals surface area contributed by atoms with Gasteiger partial charge in [-0.15, -0.1) is 0 Å². The molecule has 30 heavy (non-hydrogen) atoms. The minimum Gasteiger partial charge on any atom is -0.472 e. The highest BCUT2D eigenvalue weighted by Crippen LogP contribution is 2.34. The van der Waals surface area contributed by atoms with Crippen LogP contribution in [0.5, 0.6) is 0 Å². The second kappa shape index (κ2) is 8.60. The monoisotopic (exact) mass is 423 g/mol. The molecular weight excluding hydrogens is 403 g/mol. The molecule has 2 heterocycles. The maximum atomic E-state index is 13.0. The molecule has 10 heteroatoms. The van der Waals surface area contributed by atoms with E-state index in [1.807, 2.05) is 0 Å². The van der Waals surface area contributed by atoms with Gasteiger partial charge in [0, 0.05) is 25.9 Å². The summed E-state index contributed by atoms with van der Waals surface area (Å²) in [6, 6.07) is 4.28. The highest BCUT2D eigenvalue weighted by molar-refractivity contribution is 6.00. The zero-order valence-electron chi connectivity index (χ0n) is 16.1. The van der Waals surface area contributed by atoms with E-state index < -0.39 is 29.5 Å². The van der Waals surface area contributed by atoms with Gasteiger partial charge in [-0.05, 0) is 37.1 Å². The number of hydrogen-bond donors (Lipinski definition) is 2. The maximum absolute atomic E-state index is 13.0. The van der Waals surface area contributed by atoms with Crippen molar-refractivity contribution in [2.45, 2.75) is 25.9 Å². The van der Waals surface area contributed by atoms with Gasteiger partial charge in [0.15, 0.2) is 0 Å². The first kappa shape index (κ1) is 21.4. The number of nitrogens with one attached hydrogen (secondary N) is 2. The summed E-state index contributed by atoms with van der Waals surface area (Å²) in [7, 11) is 0. The smallest absolute Gasteiger partial charge is 0.416 e. The summed E-state index contributed by atoms with van der Waals surface area (Å²) in [6.07, 6.45) is -1.12. The van der Waals surface area contributed by atoms with Crippen LogP contribution in [0.2, 0.25) is 0 Å². The van der Waals surface area contributed by atoms with Crippen molar-refractivity contribution in [1.29, 1.82) is 0 Å². The van der Waals surface area contributed by atoms with Crippen molar-refractivity contribution in [3.8, 4) is 0 Å². The molecule has 1 fully saturated rings. The van der Waals surface area contributed by atoms with E-state index in [1.165, 1.54) is 19.5 Å². The van der Waals surface area contributed by atoms with Crippen molar-refractivity contribution < 1.29 is 32.0 Å². The molecule has 3 rings (SSSR count). The van der Waals surface area contributed by atoms with Gasteiger partial charge < -0.3 is 20.0 Å². The first-order chi connectivity index (χ1) is 14.1. The minimum atomic E-state index is -4.59. The van der Waals surface area contributed by atoms with Crippen LogP contribution in [0, 0.1) is 5.92 Å². The fraction of sp³-hybridized carbons (Fsp3) is 0.350. The van der Waals surface area contributed by atoms with Crippen LogP contribution >= 0.6 is 0 Å². The minimum absolute atomic E-state index is 0.0800. The van der Waals surface area contributed by atoms with E-state index in [0.717, 1.165) is 18.2 Å². The van der Waals surface area contributed by atoms with Gasteiger partial charge >= 0.3 is 6.18 Å². The molecule has 0 bridgehead atoms. The van der Waals surface area contributed by atoms with Crippen LogP contribution in [-0.4, -0.2) is 35.7 Å². The third-order valence-electron chi connectivity index (χ3n) is 4.84. The molecule has 1 aromatic carbocycles. The number of carbonyl (C=O) groups is 3. The Balaban J connectivity index is 1.68. The van der Waals surface area contributed by atoms with Gasteiger partial charge in [-0.25, -0.2) is 0 Å². The Kier molecular flexibility index (Phi) is 6.14. The summed E-state index contributed by atoms with van der Waals surface area (Å²) in [6.45, 7) is 1.89. The molecule has 0 spiro atoms. The van der Waals surface area contributed by atoms with E-state index in [-0.39, 0.29) is 17.3 Å². The summed E-state index contributed by atoms with van der Waals surface area (Å²) >= 11 is 0. The molecule has 0 radical (unpaired) electrons. The second-order valence-electron chi connectivity index (χ2n) is 7.01. The molecule has 3 amide bonds. The van der Waals surface area contributed by atoms with Gasteiger partial charge in [-0.3, -0.25) is 14.4 Å². The van der Waals surface area contributed by atoms with Crippen molar-refractivity contribution >= 4 is 29.1 Å². The normalized spacial score (nSPS) is 15.0. The second-order valence-corrected chi connectivity index (χ2v) is 7.01. The molecule has 0 unspecified atom stereocenters. The van der Waals surface area contributed by atoms with E-state index in [4.69, 9.17) is 4.42 Å². The van der Waals surface area contributed by atoms with Crippen LogP contribution in [0.25, 0.3) is 0 Å². The number of hydrogen-bond acceptors (Lipinski definition) is 4. The third kappa shape index (κ3) is 5.00. The lowest BCUT2D eigenvalue weighted by Crippen LogP contribution is -2.41. The first-order valence-electron chi connectivity index (χ1n) is 9.26. The lowest BCUT2D eigenvalue weighted by molar-refractivity contribution is -0.137. The highest BCUT2D eigenvalue weighted by Gasteiger charge is 2.32. The molecule has 2 aromatic rings. The van der Waals surface area contributed by atoms with Crippen LogP contribution in [0.4, 0.5) is 24.5 Å². The Morgan fingerprint density at radius 2 is 1.77 bits per heavy atom. The van der Waals surface area contributed by atoms with Crippen molar-refractivity contribution in [1.82, 2.24) is 4.90 Å². The molecule has 1 saturated heterocycles. The molecule has 1 aliphatic rings. The molecule has 2 N–H and O–H groups in total. The van der Waals surface area contributed by atoms with Crippen molar-refractivity contribution in [2.24, 2.45) is 5.92 Å². The van der Waals surface area contributed by atoms with Crippen molar-refractivity contribution in [3.63, 3.8) is 0 Å². The fourth-order valence-corrected chi connectivity index (χ4v) is 3.27. The number of alkyl halides is 3. The van der Waals surface area contributed by atoms with E-state index in [0.29, 0.717) is 31.5 Å². The van der Waals surface area contributed by atoms with Gasteiger partial charge in [0.05, 0.1) is 28.8 Å². The molecule has 1 aliphatic heterocycles. The first-order valence-corrected chi connectivity index (χ1v) is 9.26. The highest BCUT2D eigenvalue weighted by atomic mass is 19.4. The Morgan fingerprint density at radius 1 is 1.07 bits per heavy atom. The van der Waals surface area contributed by atoms with Crippen molar-refractivity contribution in [2.75, 3.05) is 23.7 Å². The average Bonchev–Trinajstić information content (AvgIpc) is 3.22. The molecule has 0 aliphatic carbocycles. The zero-order chi connectivity index (χ0) is 21.9. The molecule has 0 atom stereocenters. The van der Waals surface area contributed by atoms with Crippen LogP contribution in [0.15, 0.2) is 41.2 Å². The standard InChI is InChI=1S/C20H20F3N3O4/c1-12(27)24-16-3-2-15(20(21,22)23)10-17(16)25-18(28)13-4-7-26(8-5-13)19(29)14-6-9-30-11-14/h2-3,6,9-11,13H,4-5,7-8H2,1H3,(H,24,27)(H,25,28).